The van der Waals surface area contributed by atoms with E-state index < -0.39 is 147 Å². The van der Waals surface area contributed by atoms with Gasteiger partial charge in [-0.25, -0.2) is 0 Å². The van der Waals surface area contributed by atoms with Crippen LogP contribution in [0.15, 0.2) is 97.1 Å². The standard InChI is InChI=1S/C53H44O19/c54-24-7-3-20(4-8-24)1-2-21-11-30(60)39(31(61)12-21)41-37(67)19-70-52-42(41)33(63)17-34(64)43(52)47-45-36(66)18-35(65)44(53(45)72-51(49(47)69)23-6-10-27(57)29(59)14-23)46-40-32(62)15-25(55)16-38(40)71-50(48(46)68)22-5-9-26(56)28(58)13-22/h1-18,37,41,46-51,54-69H,19H2. The van der Waals surface area contributed by atoms with Crippen molar-refractivity contribution in [1.82, 2.24) is 0 Å². The van der Waals surface area contributed by atoms with Crippen LogP contribution < -0.4 is 14.2 Å². The van der Waals surface area contributed by atoms with E-state index in [0.717, 1.165) is 48.5 Å². The molecule has 0 bridgehead atoms. The minimum Gasteiger partial charge on any atom is -0.508 e. The maximum Gasteiger partial charge on any atom is 0.157 e. The van der Waals surface area contributed by atoms with Gasteiger partial charge < -0.3 is 95.9 Å². The first kappa shape index (κ1) is 46.7. The molecule has 19 nitrogen and oxygen atoms in total. The molecule has 0 aromatic heterocycles. The Morgan fingerprint density at radius 2 is 0.819 bits per heavy atom. The number of phenolic OH excluding ortho intramolecular Hbond substituents is 13. The Morgan fingerprint density at radius 3 is 1.36 bits per heavy atom. The highest BCUT2D eigenvalue weighted by Gasteiger charge is 2.51. The predicted molar refractivity (Wildman–Crippen MR) is 251 cm³/mol. The third-order valence-electron chi connectivity index (χ3n) is 13.4. The van der Waals surface area contributed by atoms with E-state index in [1.165, 1.54) is 36.4 Å². The van der Waals surface area contributed by atoms with Gasteiger partial charge in [0.2, 0.25) is 0 Å². The van der Waals surface area contributed by atoms with Crippen molar-refractivity contribution < 1.29 is 95.9 Å². The molecule has 0 spiro atoms. The zero-order valence-electron chi connectivity index (χ0n) is 37.1. The van der Waals surface area contributed by atoms with Gasteiger partial charge in [0, 0.05) is 57.6 Å². The molecule has 19 heteroatoms. The molecule has 3 aliphatic rings. The second-order valence-electron chi connectivity index (χ2n) is 17.8. The third-order valence-corrected chi connectivity index (χ3v) is 13.4. The Hall–Kier alpha value is -9.04. The molecule has 0 saturated heterocycles. The first-order chi connectivity index (χ1) is 34.3. The summed E-state index contributed by atoms with van der Waals surface area (Å²) < 4.78 is 18.7. The van der Waals surface area contributed by atoms with Crippen LogP contribution in [0.25, 0.3) is 12.2 Å². The van der Waals surface area contributed by atoms with E-state index in [4.69, 9.17) is 14.2 Å². The quantitative estimate of drug-likeness (QED) is 0.0627. The first-order valence-electron chi connectivity index (χ1n) is 22.1. The summed E-state index contributed by atoms with van der Waals surface area (Å²) in [6.45, 7) is -0.616. The number of hydrogen-bond acceptors (Lipinski definition) is 19. The number of aromatic hydroxyl groups is 13. The van der Waals surface area contributed by atoms with Gasteiger partial charge in [-0.2, -0.15) is 0 Å². The van der Waals surface area contributed by atoms with Gasteiger partial charge in [0.1, 0.15) is 87.8 Å². The van der Waals surface area contributed by atoms with Gasteiger partial charge in [0.25, 0.3) is 0 Å². The molecule has 0 radical (unpaired) electrons. The van der Waals surface area contributed by atoms with Crippen LogP contribution in [0.2, 0.25) is 0 Å². The Morgan fingerprint density at radius 1 is 0.361 bits per heavy atom. The lowest BCUT2D eigenvalue weighted by Crippen LogP contribution is -2.39. The molecule has 7 aromatic carbocycles. The smallest absolute Gasteiger partial charge is 0.157 e. The Balaban J connectivity index is 1.19. The maximum absolute atomic E-state index is 12.7. The topological polar surface area (TPSA) is 351 Å². The van der Waals surface area contributed by atoms with Gasteiger partial charge in [-0.1, -0.05) is 36.4 Å². The fourth-order valence-corrected chi connectivity index (χ4v) is 10.1. The van der Waals surface area contributed by atoms with Crippen molar-refractivity contribution in [3.05, 3.63) is 153 Å². The van der Waals surface area contributed by atoms with Crippen LogP contribution in [0, 0.1) is 0 Å². The number of aliphatic hydroxyl groups is 3. The van der Waals surface area contributed by atoms with Crippen LogP contribution in [0.5, 0.6) is 92.0 Å². The summed E-state index contributed by atoms with van der Waals surface area (Å²) in [6, 6.07) is 19.3. The second-order valence-corrected chi connectivity index (χ2v) is 17.8. The molecule has 0 aliphatic carbocycles. The van der Waals surface area contributed by atoms with Crippen LogP contribution in [-0.2, 0) is 0 Å². The van der Waals surface area contributed by atoms with Crippen molar-refractivity contribution in [2.45, 2.75) is 48.3 Å². The number of hydrogen-bond donors (Lipinski definition) is 16. The summed E-state index contributed by atoms with van der Waals surface area (Å²) >= 11 is 0. The summed E-state index contributed by atoms with van der Waals surface area (Å²) in [5.41, 5.74) is -1.03. The number of benzene rings is 7. The molecule has 10 rings (SSSR count). The number of rotatable bonds is 7. The Kier molecular flexibility index (Phi) is 11.3. The van der Waals surface area contributed by atoms with E-state index >= 15 is 0 Å². The van der Waals surface area contributed by atoms with Crippen molar-refractivity contribution in [3.8, 4) is 92.0 Å². The summed E-state index contributed by atoms with van der Waals surface area (Å²) in [7, 11) is 0. The third kappa shape index (κ3) is 7.68. The van der Waals surface area contributed by atoms with Crippen LogP contribution in [0.4, 0.5) is 0 Å². The molecule has 72 heavy (non-hydrogen) atoms. The zero-order chi connectivity index (χ0) is 51.2. The summed E-state index contributed by atoms with van der Waals surface area (Å²) in [6.07, 6.45) is -5.44. The maximum atomic E-state index is 12.7. The van der Waals surface area contributed by atoms with Gasteiger partial charge in [0.15, 0.2) is 35.2 Å². The van der Waals surface area contributed by atoms with Crippen molar-refractivity contribution in [1.29, 1.82) is 0 Å². The van der Waals surface area contributed by atoms with Crippen molar-refractivity contribution in [3.63, 3.8) is 0 Å². The molecule has 0 amide bonds. The van der Waals surface area contributed by atoms with Gasteiger partial charge in [-0.05, 0) is 70.8 Å². The monoisotopic (exact) mass is 984 g/mol. The molecule has 8 atom stereocenters. The molecule has 16 N–H and O–H groups in total. The van der Waals surface area contributed by atoms with E-state index in [9.17, 15) is 81.7 Å². The normalized spacial score (nSPS) is 22.2. The van der Waals surface area contributed by atoms with E-state index in [-0.39, 0.29) is 44.9 Å². The van der Waals surface area contributed by atoms with E-state index in [1.54, 1.807) is 24.3 Å². The fourth-order valence-electron chi connectivity index (χ4n) is 10.1. The largest absolute Gasteiger partial charge is 0.508 e. The van der Waals surface area contributed by atoms with E-state index in [0.29, 0.717) is 11.1 Å². The average molecular weight is 985 g/mol. The number of fused-ring (bicyclic) bond motifs is 3. The highest BCUT2D eigenvalue weighted by Crippen LogP contribution is 2.63. The Labute approximate surface area is 406 Å². The highest BCUT2D eigenvalue weighted by molar-refractivity contribution is 5.75. The first-order valence-corrected chi connectivity index (χ1v) is 22.1. The SMILES string of the molecule is Oc1ccc(C=Cc2cc(O)c(C3c4c(O)cc(O)c(C5c6c(O)cc(O)c(C7c8c(O)cc(O)cc8OC(c8ccc(O)c(O)c8)C7O)c6OC(c6ccc(O)c(O)c6)C5O)c4OCC3O)c(O)c2)cc1. The fraction of sp³-hybridized carbons (Fsp3) is 0.170. The average Bonchev–Trinajstić information content (AvgIpc) is 3.32. The number of ether oxygens (including phenoxy) is 3. The van der Waals surface area contributed by atoms with Gasteiger partial charge in [-0.3, -0.25) is 0 Å². The Bertz CT molecular complexity index is 3330. The lowest BCUT2D eigenvalue weighted by molar-refractivity contribution is -0.00398. The molecule has 3 heterocycles. The molecule has 0 fully saturated rings. The van der Waals surface area contributed by atoms with E-state index in [1.807, 2.05) is 0 Å². The molecular formula is C53H44O19. The van der Waals surface area contributed by atoms with Crippen LogP contribution in [-0.4, -0.2) is 107 Å². The van der Waals surface area contributed by atoms with Crippen molar-refractivity contribution in [2.24, 2.45) is 0 Å². The van der Waals surface area contributed by atoms with Gasteiger partial charge in [0.05, 0.1) is 23.9 Å². The van der Waals surface area contributed by atoms with Crippen LogP contribution in [0.3, 0.4) is 0 Å². The van der Waals surface area contributed by atoms with Gasteiger partial charge in [-0.15, -0.1) is 0 Å². The van der Waals surface area contributed by atoms with Crippen molar-refractivity contribution in [2.75, 3.05) is 6.61 Å². The van der Waals surface area contributed by atoms with Gasteiger partial charge >= 0.3 is 0 Å². The van der Waals surface area contributed by atoms with Crippen LogP contribution in [0.1, 0.15) is 85.6 Å². The molecule has 3 aliphatic heterocycles. The molecule has 8 unspecified atom stereocenters. The predicted octanol–water partition coefficient (Wildman–Crippen LogP) is 6.17. The summed E-state index contributed by atoms with van der Waals surface area (Å²) in [5, 5.41) is 181. The lowest BCUT2D eigenvalue weighted by Gasteiger charge is -2.43. The van der Waals surface area contributed by atoms with E-state index in [2.05, 4.69) is 0 Å². The zero-order valence-corrected chi connectivity index (χ0v) is 37.1. The molecule has 0 saturated carbocycles. The molecular weight excluding hydrogens is 941 g/mol. The minimum absolute atomic E-state index is 0.0453. The molecule has 7 aromatic rings. The summed E-state index contributed by atoms with van der Waals surface area (Å²) in [5.74, 6) is -13.8. The lowest BCUT2D eigenvalue weighted by atomic mass is 9.72. The number of phenols is 13. The second kappa shape index (κ2) is 17.4. The van der Waals surface area contributed by atoms with Crippen molar-refractivity contribution >= 4 is 12.2 Å². The minimum atomic E-state index is -1.97. The molecule has 370 valence electrons. The summed E-state index contributed by atoms with van der Waals surface area (Å²) in [4.78, 5) is 0. The van der Waals surface area contributed by atoms with Crippen LogP contribution >= 0.6 is 0 Å². The number of aliphatic hydroxyl groups excluding tert-OH is 3. The highest BCUT2D eigenvalue weighted by atomic mass is 16.5.